The number of methoxy groups -OCH3 is 1. The van der Waals surface area contributed by atoms with Gasteiger partial charge in [-0.3, -0.25) is 9.79 Å². The second kappa shape index (κ2) is 9.86. The highest BCUT2D eigenvalue weighted by molar-refractivity contribution is 5.80. The van der Waals surface area contributed by atoms with E-state index in [-0.39, 0.29) is 11.9 Å². The lowest BCUT2D eigenvalue weighted by Gasteiger charge is -2.33. The van der Waals surface area contributed by atoms with Crippen molar-refractivity contribution in [2.75, 3.05) is 33.9 Å². The van der Waals surface area contributed by atoms with Crippen molar-refractivity contribution in [1.29, 1.82) is 0 Å². The highest BCUT2D eigenvalue weighted by Crippen LogP contribution is 2.30. The zero-order chi connectivity index (χ0) is 21.6. The lowest BCUT2D eigenvalue weighted by Crippen LogP contribution is -2.46. The number of guanidine groups is 1. The number of carbonyl (C=O) groups is 1. The van der Waals surface area contributed by atoms with E-state index in [2.05, 4.69) is 57.7 Å². The average Bonchev–Trinajstić information content (AvgIpc) is 2.84. The Morgan fingerprint density at radius 2 is 1.90 bits per heavy atom. The number of aliphatic imine (C=N–C) groups is 1. The number of hydrogen-bond acceptors (Lipinski definition) is 4. The molecule has 0 spiro atoms. The van der Waals surface area contributed by atoms with Crippen LogP contribution >= 0.6 is 0 Å². The number of aryl methyl sites for hydroxylation is 1. The third-order valence-corrected chi connectivity index (χ3v) is 6.19. The Labute approximate surface area is 184 Å². The molecule has 1 saturated heterocycles. The molecule has 0 saturated carbocycles. The Kier molecular flexibility index (Phi) is 6.75. The maximum absolute atomic E-state index is 11.7. The van der Waals surface area contributed by atoms with Gasteiger partial charge in [0.2, 0.25) is 0 Å². The fourth-order valence-electron chi connectivity index (χ4n) is 4.36. The summed E-state index contributed by atoms with van der Waals surface area (Å²) in [6.45, 7) is 3.14. The smallest absolute Gasteiger partial charge is 0.308 e. The fraction of sp³-hybridized carbons (Fsp3) is 0.440. The monoisotopic (exact) mass is 421 g/mol. The topological polar surface area (TPSA) is 63.2 Å². The molecule has 4 rings (SSSR count). The summed E-state index contributed by atoms with van der Waals surface area (Å²) in [6, 6.07) is 15.1. The van der Waals surface area contributed by atoms with Crippen LogP contribution in [0.2, 0.25) is 0 Å². The van der Waals surface area contributed by atoms with Crippen LogP contribution in [0.25, 0.3) is 11.1 Å². The zero-order valence-corrected chi connectivity index (χ0v) is 18.4. The Hall–Kier alpha value is -3.02. The molecule has 2 aromatic rings. The molecule has 0 aliphatic carbocycles. The third-order valence-electron chi connectivity index (χ3n) is 6.19. The van der Waals surface area contributed by atoms with E-state index in [9.17, 15) is 4.79 Å². The van der Waals surface area contributed by atoms with Crippen molar-refractivity contribution in [2.24, 2.45) is 10.9 Å². The van der Waals surface area contributed by atoms with Crippen molar-refractivity contribution >= 4 is 11.9 Å². The SMILES string of the molecule is CN=C(NCc1ccc(-c2ccc3c(c2)CCCO3)cc1)N1CCC(C(=O)OC)CC1. The predicted molar refractivity (Wildman–Crippen MR) is 122 cm³/mol. The van der Waals surface area contributed by atoms with E-state index in [0.29, 0.717) is 6.54 Å². The first-order valence-electron chi connectivity index (χ1n) is 11.1. The number of ether oxygens (including phenoxy) is 2. The first-order chi connectivity index (χ1) is 15.2. The van der Waals surface area contributed by atoms with Crippen molar-refractivity contribution in [1.82, 2.24) is 10.2 Å². The number of piperidine rings is 1. The second-order valence-electron chi connectivity index (χ2n) is 8.16. The lowest BCUT2D eigenvalue weighted by atomic mass is 9.97. The number of likely N-dealkylation sites (tertiary alicyclic amines) is 1. The summed E-state index contributed by atoms with van der Waals surface area (Å²) in [4.78, 5) is 18.4. The van der Waals surface area contributed by atoms with Gasteiger partial charge in [0.05, 0.1) is 19.6 Å². The first kappa shape index (κ1) is 21.2. The van der Waals surface area contributed by atoms with Crippen LogP contribution in [0.3, 0.4) is 0 Å². The second-order valence-corrected chi connectivity index (χ2v) is 8.16. The molecule has 1 fully saturated rings. The third kappa shape index (κ3) is 5.01. The Morgan fingerprint density at radius 3 is 2.61 bits per heavy atom. The molecular weight excluding hydrogens is 390 g/mol. The minimum Gasteiger partial charge on any atom is -0.493 e. The van der Waals surface area contributed by atoms with Crippen LogP contribution in [0.4, 0.5) is 0 Å². The molecule has 2 aliphatic heterocycles. The van der Waals surface area contributed by atoms with Crippen LogP contribution in [0.1, 0.15) is 30.4 Å². The number of rotatable bonds is 4. The quantitative estimate of drug-likeness (QED) is 0.464. The summed E-state index contributed by atoms with van der Waals surface area (Å²) < 4.78 is 10.6. The summed E-state index contributed by atoms with van der Waals surface area (Å²) in [7, 11) is 3.26. The van der Waals surface area contributed by atoms with Gasteiger partial charge >= 0.3 is 5.97 Å². The van der Waals surface area contributed by atoms with Gasteiger partial charge in [0.25, 0.3) is 0 Å². The van der Waals surface area contributed by atoms with E-state index in [1.165, 1.54) is 29.4 Å². The van der Waals surface area contributed by atoms with Crippen LogP contribution in [0, 0.1) is 5.92 Å². The molecule has 2 heterocycles. The van der Waals surface area contributed by atoms with Crippen LogP contribution in [0.15, 0.2) is 47.5 Å². The molecule has 6 nitrogen and oxygen atoms in total. The number of benzene rings is 2. The van der Waals surface area contributed by atoms with Crippen LogP contribution in [0.5, 0.6) is 5.75 Å². The zero-order valence-electron chi connectivity index (χ0n) is 18.4. The van der Waals surface area contributed by atoms with Gasteiger partial charge in [0, 0.05) is 26.7 Å². The normalized spacial score (nSPS) is 17.0. The molecule has 2 aliphatic rings. The molecule has 164 valence electrons. The Bertz CT molecular complexity index is 932. The molecule has 0 bridgehead atoms. The molecule has 0 radical (unpaired) electrons. The van der Waals surface area contributed by atoms with E-state index in [1.807, 2.05) is 0 Å². The molecule has 31 heavy (non-hydrogen) atoms. The average molecular weight is 422 g/mol. The standard InChI is InChI=1S/C25H31N3O3/c1-26-25(28-13-11-20(12-14-28)24(29)30-2)27-17-18-5-7-19(8-6-18)21-9-10-23-22(16-21)4-3-15-31-23/h5-10,16,20H,3-4,11-15,17H2,1-2H3,(H,26,27). The molecule has 1 N–H and O–H groups in total. The summed E-state index contributed by atoms with van der Waals surface area (Å²) in [6.07, 6.45) is 3.77. The number of hydrogen-bond donors (Lipinski definition) is 1. The number of nitrogens with zero attached hydrogens (tertiary/aromatic N) is 2. The number of nitrogens with one attached hydrogen (secondary N) is 1. The minimum atomic E-state index is -0.103. The van der Waals surface area contributed by atoms with Gasteiger partial charge in [-0.1, -0.05) is 30.3 Å². The molecule has 0 unspecified atom stereocenters. The molecular formula is C25H31N3O3. The minimum absolute atomic E-state index is 0.00190. The van der Waals surface area contributed by atoms with Crippen molar-refractivity contribution < 1.29 is 14.3 Å². The molecule has 0 atom stereocenters. The lowest BCUT2D eigenvalue weighted by molar-refractivity contribution is -0.146. The van der Waals surface area contributed by atoms with Crippen LogP contribution < -0.4 is 10.1 Å². The maximum atomic E-state index is 11.7. The van der Waals surface area contributed by atoms with Gasteiger partial charge in [0.15, 0.2) is 5.96 Å². The van der Waals surface area contributed by atoms with Crippen molar-refractivity contribution in [3.8, 4) is 16.9 Å². The number of fused-ring (bicyclic) bond motifs is 1. The fourth-order valence-corrected chi connectivity index (χ4v) is 4.36. The Balaban J connectivity index is 1.33. The van der Waals surface area contributed by atoms with Gasteiger partial charge in [-0.05, 0) is 60.1 Å². The highest BCUT2D eigenvalue weighted by Gasteiger charge is 2.26. The van der Waals surface area contributed by atoms with Crippen LogP contribution in [-0.4, -0.2) is 50.7 Å². The largest absolute Gasteiger partial charge is 0.493 e. The highest BCUT2D eigenvalue weighted by atomic mass is 16.5. The van der Waals surface area contributed by atoms with Crippen LogP contribution in [-0.2, 0) is 22.5 Å². The van der Waals surface area contributed by atoms with Gasteiger partial charge < -0.3 is 19.7 Å². The molecule has 6 heteroatoms. The van der Waals surface area contributed by atoms with Gasteiger partial charge in [-0.15, -0.1) is 0 Å². The number of esters is 1. The first-order valence-corrected chi connectivity index (χ1v) is 11.1. The number of carbonyl (C=O) groups excluding carboxylic acids is 1. The van der Waals surface area contributed by atoms with Gasteiger partial charge in [-0.25, -0.2) is 0 Å². The summed E-state index contributed by atoms with van der Waals surface area (Å²) in [5.74, 6) is 1.80. The predicted octanol–water partition coefficient (Wildman–Crippen LogP) is 3.64. The van der Waals surface area contributed by atoms with Crippen molar-refractivity contribution in [3.05, 3.63) is 53.6 Å². The van der Waals surface area contributed by atoms with E-state index < -0.39 is 0 Å². The van der Waals surface area contributed by atoms with Gasteiger partial charge in [0.1, 0.15) is 5.75 Å². The Morgan fingerprint density at radius 1 is 1.16 bits per heavy atom. The summed E-state index contributed by atoms with van der Waals surface area (Å²) in [5.41, 5.74) is 4.95. The van der Waals surface area contributed by atoms with Crippen molar-refractivity contribution in [2.45, 2.75) is 32.2 Å². The summed E-state index contributed by atoms with van der Waals surface area (Å²) in [5, 5.41) is 3.46. The van der Waals surface area contributed by atoms with Gasteiger partial charge in [-0.2, -0.15) is 0 Å². The maximum Gasteiger partial charge on any atom is 0.308 e. The summed E-state index contributed by atoms with van der Waals surface area (Å²) >= 11 is 0. The molecule has 0 amide bonds. The molecule has 2 aromatic carbocycles. The van der Waals surface area contributed by atoms with E-state index in [1.54, 1.807) is 7.05 Å². The van der Waals surface area contributed by atoms with E-state index in [0.717, 1.165) is 57.1 Å². The molecule has 0 aromatic heterocycles. The van der Waals surface area contributed by atoms with E-state index >= 15 is 0 Å². The van der Waals surface area contributed by atoms with Crippen molar-refractivity contribution in [3.63, 3.8) is 0 Å². The van der Waals surface area contributed by atoms with E-state index in [4.69, 9.17) is 9.47 Å².